The lowest BCUT2D eigenvalue weighted by Gasteiger charge is -2.31. The zero-order valence-electron chi connectivity index (χ0n) is 10.4. The molecular weight excluding hydrogens is 302 g/mol. The van der Waals surface area contributed by atoms with Gasteiger partial charge in [0.1, 0.15) is 5.82 Å². The fraction of sp³-hybridized carbons (Fsp3) is 0.818. The first-order valence-corrected chi connectivity index (χ1v) is 7.67. The van der Waals surface area contributed by atoms with Crippen molar-refractivity contribution in [1.29, 1.82) is 0 Å². The molecule has 2 heterocycles. The van der Waals surface area contributed by atoms with Crippen LogP contribution in [0, 0.1) is 0 Å². The summed E-state index contributed by atoms with van der Waals surface area (Å²) >= 11 is 4.95. The molecule has 0 amide bonds. The van der Waals surface area contributed by atoms with Crippen molar-refractivity contribution in [3.05, 3.63) is 5.82 Å². The van der Waals surface area contributed by atoms with Crippen molar-refractivity contribution in [2.45, 2.75) is 32.3 Å². The molecule has 1 unspecified atom stereocenters. The Bertz CT molecular complexity index is 377. The average molecular weight is 320 g/mol. The summed E-state index contributed by atoms with van der Waals surface area (Å²) in [6, 6.07) is 0. The number of alkyl halides is 1. The minimum atomic E-state index is 0.0237. The van der Waals surface area contributed by atoms with Gasteiger partial charge in [-0.25, -0.2) is 4.98 Å². The van der Waals surface area contributed by atoms with E-state index in [0.29, 0.717) is 0 Å². The number of hydrogen-bond acceptors (Lipinski definition) is 5. The summed E-state index contributed by atoms with van der Waals surface area (Å²) < 4.78 is 10.1. The van der Waals surface area contributed by atoms with E-state index in [9.17, 15) is 0 Å². The second kappa shape index (κ2) is 5.20. The predicted octanol–water partition coefficient (Wildman–Crippen LogP) is 2.44. The van der Waals surface area contributed by atoms with Crippen molar-refractivity contribution in [1.82, 2.24) is 9.36 Å². The molecule has 1 atom stereocenters. The van der Waals surface area contributed by atoms with Gasteiger partial charge in [-0.05, 0) is 0 Å². The Morgan fingerprint density at radius 3 is 2.88 bits per heavy atom. The number of aromatic nitrogens is 2. The highest BCUT2D eigenvalue weighted by Crippen LogP contribution is 2.26. The Morgan fingerprint density at radius 1 is 1.53 bits per heavy atom. The third-order valence-corrected chi connectivity index (χ3v) is 4.17. The quantitative estimate of drug-likeness (QED) is 0.785. The molecule has 96 valence electrons. The van der Waals surface area contributed by atoms with Crippen LogP contribution in [0.5, 0.6) is 0 Å². The van der Waals surface area contributed by atoms with Gasteiger partial charge in [-0.3, -0.25) is 0 Å². The maximum Gasteiger partial charge on any atom is 0.205 e. The molecule has 1 fully saturated rings. The molecule has 0 aliphatic carbocycles. The number of hydrogen-bond donors (Lipinski definition) is 0. The lowest BCUT2D eigenvalue weighted by Crippen LogP contribution is -2.43. The summed E-state index contributed by atoms with van der Waals surface area (Å²) in [5, 5.41) is 1.89. The van der Waals surface area contributed by atoms with Gasteiger partial charge in [0.25, 0.3) is 0 Å². The lowest BCUT2D eigenvalue weighted by atomic mass is 9.96. The van der Waals surface area contributed by atoms with Crippen LogP contribution in [0.15, 0.2) is 0 Å². The Labute approximate surface area is 115 Å². The maximum atomic E-state index is 5.62. The van der Waals surface area contributed by atoms with Crippen molar-refractivity contribution in [2.24, 2.45) is 0 Å². The van der Waals surface area contributed by atoms with E-state index >= 15 is 0 Å². The minimum absolute atomic E-state index is 0.0237. The number of ether oxygens (including phenoxy) is 1. The van der Waals surface area contributed by atoms with Gasteiger partial charge in [-0.15, -0.1) is 0 Å². The first-order chi connectivity index (χ1) is 8.00. The molecule has 1 saturated heterocycles. The molecule has 0 saturated carbocycles. The molecule has 1 aromatic rings. The SMILES string of the molecule is CC(C)(C)c1nsc(N2CCOC(CBr)C2)n1. The molecule has 0 aromatic carbocycles. The van der Waals surface area contributed by atoms with E-state index in [1.54, 1.807) is 0 Å². The van der Waals surface area contributed by atoms with Crippen molar-refractivity contribution in [2.75, 3.05) is 29.9 Å². The van der Waals surface area contributed by atoms with E-state index in [2.05, 4.69) is 51.0 Å². The number of morpholine rings is 1. The summed E-state index contributed by atoms with van der Waals surface area (Å²) in [7, 11) is 0. The minimum Gasteiger partial charge on any atom is -0.374 e. The molecule has 6 heteroatoms. The van der Waals surface area contributed by atoms with Crippen LogP contribution < -0.4 is 4.90 Å². The number of rotatable bonds is 2. The summed E-state index contributed by atoms with van der Waals surface area (Å²) in [6.07, 6.45) is 0.255. The fourth-order valence-corrected chi connectivity index (χ4v) is 2.92. The highest BCUT2D eigenvalue weighted by atomic mass is 79.9. The van der Waals surface area contributed by atoms with E-state index in [1.165, 1.54) is 11.5 Å². The topological polar surface area (TPSA) is 38.2 Å². The molecule has 0 N–H and O–H groups in total. The largest absolute Gasteiger partial charge is 0.374 e. The van der Waals surface area contributed by atoms with Gasteiger partial charge in [0.15, 0.2) is 0 Å². The van der Waals surface area contributed by atoms with Crippen LogP contribution in [0.25, 0.3) is 0 Å². The highest BCUT2D eigenvalue weighted by molar-refractivity contribution is 9.09. The van der Waals surface area contributed by atoms with Crippen LogP contribution in [0.4, 0.5) is 5.13 Å². The van der Waals surface area contributed by atoms with Crippen molar-refractivity contribution >= 4 is 32.6 Å². The van der Waals surface area contributed by atoms with Gasteiger partial charge in [0.05, 0.1) is 12.7 Å². The summed E-state index contributed by atoms with van der Waals surface area (Å²) in [5.41, 5.74) is 0.0237. The van der Waals surface area contributed by atoms with Gasteiger partial charge >= 0.3 is 0 Å². The van der Waals surface area contributed by atoms with Gasteiger partial charge in [-0.1, -0.05) is 36.7 Å². The van der Waals surface area contributed by atoms with Crippen molar-refractivity contribution < 1.29 is 4.74 Å². The van der Waals surface area contributed by atoms with Gasteiger partial charge in [0.2, 0.25) is 5.13 Å². The second-order valence-corrected chi connectivity index (χ2v) is 6.62. The standard InChI is InChI=1S/C11H18BrN3OS/c1-11(2,3)9-13-10(17-14-9)15-4-5-16-8(6-12)7-15/h8H,4-7H2,1-3H3. The predicted molar refractivity (Wildman–Crippen MR) is 74.4 cm³/mol. The van der Waals surface area contributed by atoms with Crippen LogP contribution in [0.1, 0.15) is 26.6 Å². The highest BCUT2D eigenvalue weighted by Gasteiger charge is 2.25. The Hall–Kier alpha value is -0.200. The Kier molecular flexibility index (Phi) is 4.05. The molecule has 17 heavy (non-hydrogen) atoms. The van der Waals surface area contributed by atoms with Crippen molar-refractivity contribution in [3.8, 4) is 0 Å². The third-order valence-electron chi connectivity index (χ3n) is 2.67. The summed E-state index contributed by atoms with van der Waals surface area (Å²) in [4.78, 5) is 6.90. The first kappa shape index (κ1) is 13.2. The van der Waals surface area contributed by atoms with Gasteiger partial charge in [0, 0.05) is 35.4 Å². The van der Waals surface area contributed by atoms with Gasteiger partial charge < -0.3 is 9.64 Å². The maximum absolute atomic E-state index is 5.62. The van der Waals surface area contributed by atoms with E-state index in [1.807, 2.05) is 0 Å². The second-order valence-electron chi connectivity index (χ2n) is 5.24. The summed E-state index contributed by atoms with van der Waals surface area (Å²) in [5.74, 6) is 0.930. The molecule has 4 nitrogen and oxygen atoms in total. The normalized spacial score (nSPS) is 21.9. The van der Waals surface area contributed by atoms with Crippen molar-refractivity contribution in [3.63, 3.8) is 0 Å². The lowest BCUT2D eigenvalue weighted by molar-refractivity contribution is 0.0570. The molecule has 0 bridgehead atoms. The van der Waals surface area contributed by atoms with Crippen LogP contribution in [0.2, 0.25) is 0 Å². The van der Waals surface area contributed by atoms with Crippen LogP contribution in [-0.2, 0) is 10.2 Å². The Morgan fingerprint density at radius 2 is 2.29 bits per heavy atom. The smallest absolute Gasteiger partial charge is 0.205 e. The van der Waals surface area contributed by atoms with Crippen LogP contribution in [-0.4, -0.2) is 40.5 Å². The Balaban J connectivity index is 2.09. The van der Waals surface area contributed by atoms with Crippen LogP contribution in [0.3, 0.4) is 0 Å². The molecule has 1 aliphatic heterocycles. The van der Waals surface area contributed by atoms with Gasteiger partial charge in [-0.2, -0.15) is 4.37 Å². The molecule has 0 spiro atoms. The third kappa shape index (κ3) is 3.17. The average Bonchev–Trinajstić information content (AvgIpc) is 2.78. The molecule has 1 aromatic heterocycles. The molecule has 2 rings (SSSR count). The summed E-state index contributed by atoms with van der Waals surface area (Å²) in [6.45, 7) is 8.98. The van der Waals surface area contributed by atoms with E-state index in [-0.39, 0.29) is 11.5 Å². The fourth-order valence-electron chi connectivity index (χ4n) is 1.64. The first-order valence-electron chi connectivity index (χ1n) is 5.77. The van der Waals surface area contributed by atoms with E-state index in [4.69, 9.17) is 4.74 Å². The molecule has 1 aliphatic rings. The zero-order chi connectivity index (χ0) is 12.5. The number of anilines is 1. The van der Waals surface area contributed by atoms with Crippen LogP contribution >= 0.6 is 27.5 Å². The number of halogens is 1. The molecule has 0 radical (unpaired) electrons. The van der Waals surface area contributed by atoms with E-state index in [0.717, 1.165) is 36.0 Å². The number of nitrogens with zero attached hydrogens (tertiary/aromatic N) is 3. The van der Waals surface area contributed by atoms with E-state index < -0.39 is 0 Å². The molecular formula is C11H18BrN3OS. The zero-order valence-corrected chi connectivity index (χ0v) is 12.8. The monoisotopic (exact) mass is 319 g/mol.